The fourth-order valence-electron chi connectivity index (χ4n) is 3.89. The number of carbonyl (C=O) groups excluding carboxylic acids is 1. The first-order valence-electron chi connectivity index (χ1n) is 10.5. The number of benzene rings is 3. The normalized spacial score (nSPS) is 18.6. The Morgan fingerprint density at radius 3 is 2.36 bits per heavy atom. The van der Waals surface area contributed by atoms with Gasteiger partial charge in [-0.25, -0.2) is 0 Å². The Hall–Kier alpha value is -2.30. The Kier molecular flexibility index (Phi) is 7.60. The summed E-state index contributed by atoms with van der Waals surface area (Å²) in [7, 11) is -0.566. The van der Waals surface area contributed by atoms with E-state index in [1.165, 1.54) is 0 Å². The van der Waals surface area contributed by atoms with Crippen molar-refractivity contribution in [3.8, 4) is 0 Å². The van der Waals surface area contributed by atoms with Crippen LogP contribution in [0.4, 0.5) is 13.2 Å². The second-order valence-corrected chi connectivity index (χ2v) is 10.9. The topological polar surface area (TPSA) is 74.2 Å². The third kappa shape index (κ3) is 4.95. The number of fused-ring (bicyclic) bond motifs is 1. The largest absolute Gasteiger partial charge is 0.428 e. The average molecular weight is 577 g/mol. The molecule has 0 bridgehead atoms. The van der Waals surface area contributed by atoms with E-state index in [0.29, 0.717) is 34.2 Å². The lowest BCUT2D eigenvalue weighted by molar-refractivity contribution is -0.269. The van der Waals surface area contributed by atoms with Crippen molar-refractivity contribution < 1.29 is 22.8 Å². The van der Waals surface area contributed by atoms with Gasteiger partial charge in [0.2, 0.25) is 5.60 Å². The highest BCUT2D eigenvalue weighted by atomic mass is 35.5. The van der Waals surface area contributed by atoms with Crippen LogP contribution in [0.25, 0.3) is 16.5 Å². The van der Waals surface area contributed by atoms with Crippen molar-refractivity contribution in [2.75, 3.05) is 18.6 Å². The molecule has 1 heterocycles. The van der Waals surface area contributed by atoms with Gasteiger partial charge < -0.3 is 5.32 Å². The van der Waals surface area contributed by atoms with Crippen molar-refractivity contribution in [1.82, 2.24) is 10.8 Å². The molecule has 190 valence electrons. The standard InChI is InChI=1S/C24H19Cl3F3N3O2S/c1-36(31)9-8-32-22(34)17-7-6-16(14-4-2-3-5-15(14)17)20-12-23(35-33-20,24(28,29)30)13-10-18(25)21(27)19(26)11-13/h2-7,10-12,31,33H,8-9H2,1H3,(H,32,34). The van der Waals surface area contributed by atoms with Gasteiger partial charge in [0.15, 0.2) is 0 Å². The van der Waals surface area contributed by atoms with E-state index in [4.69, 9.17) is 44.4 Å². The summed E-state index contributed by atoms with van der Waals surface area (Å²) in [5.74, 6) is 0.191. The van der Waals surface area contributed by atoms with E-state index in [0.717, 1.165) is 18.2 Å². The minimum absolute atomic E-state index is 0.0573. The highest BCUT2D eigenvalue weighted by molar-refractivity contribution is 7.85. The Labute approximate surface area is 222 Å². The maximum Gasteiger partial charge on any atom is 0.428 e. The van der Waals surface area contributed by atoms with Crippen LogP contribution in [-0.2, 0) is 21.1 Å². The molecule has 3 N–H and O–H groups in total. The molecule has 0 fully saturated rings. The summed E-state index contributed by atoms with van der Waals surface area (Å²) in [5, 5.41) is 3.54. The number of hydrogen-bond donors (Lipinski definition) is 3. The molecule has 1 amide bonds. The van der Waals surface area contributed by atoms with Crippen molar-refractivity contribution in [3.05, 3.63) is 86.4 Å². The van der Waals surface area contributed by atoms with E-state index in [1.54, 1.807) is 42.7 Å². The molecule has 36 heavy (non-hydrogen) atoms. The van der Waals surface area contributed by atoms with Crippen LogP contribution in [-0.4, -0.2) is 30.6 Å². The Morgan fingerprint density at radius 2 is 1.75 bits per heavy atom. The van der Waals surface area contributed by atoms with Gasteiger partial charge >= 0.3 is 6.18 Å². The third-order valence-electron chi connectivity index (χ3n) is 5.66. The number of hydroxylamine groups is 1. The van der Waals surface area contributed by atoms with Crippen LogP contribution in [0.1, 0.15) is 21.5 Å². The zero-order valence-electron chi connectivity index (χ0n) is 18.6. The lowest BCUT2D eigenvalue weighted by Crippen LogP contribution is -2.42. The van der Waals surface area contributed by atoms with Crippen LogP contribution >= 0.6 is 34.8 Å². The number of amides is 1. The SMILES string of the molecule is CS(=N)CCNC(=O)c1ccc(C2=CC(c3cc(Cl)c(Cl)c(Cl)c3)(C(F)(F)F)ON2)c2ccccc12. The van der Waals surface area contributed by atoms with Crippen LogP contribution in [0.5, 0.6) is 0 Å². The summed E-state index contributed by atoms with van der Waals surface area (Å²) in [5.41, 5.74) is 0.0112. The van der Waals surface area contributed by atoms with Gasteiger partial charge in [-0.3, -0.25) is 19.9 Å². The fraction of sp³-hybridized carbons (Fsp3) is 0.208. The van der Waals surface area contributed by atoms with Gasteiger partial charge in [-0.1, -0.05) is 65.1 Å². The average Bonchev–Trinajstić information content (AvgIpc) is 3.28. The molecule has 0 spiro atoms. The van der Waals surface area contributed by atoms with E-state index in [9.17, 15) is 18.0 Å². The second-order valence-electron chi connectivity index (χ2n) is 8.05. The molecule has 0 aromatic heterocycles. The molecule has 5 nitrogen and oxygen atoms in total. The zero-order chi connectivity index (χ0) is 26.3. The quantitative estimate of drug-likeness (QED) is 0.280. The fourth-order valence-corrected chi connectivity index (χ4v) is 4.90. The van der Waals surface area contributed by atoms with Crippen molar-refractivity contribution in [1.29, 1.82) is 4.78 Å². The summed E-state index contributed by atoms with van der Waals surface area (Å²) in [6.45, 7) is 0.346. The van der Waals surface area contributed by atoms with Gasteiger partial charge in [0, 0.05) is 29.0 Å². The molecule has 4 rings (SSSR count). The molecule has 3 aromatic rings. The molecule has 0 saturated heterocycles. The van der Waals surface area contributed by atoms with Gasteiger partial charge in [0.05, 0.1) is 20.8 Å². The number of rotatable bonds is 6. The van der Waals surface area contributed by atoms with Crippen molar-refractivity contribution >= 4 is 67.9 Å². The molecular formula is C24H19Cl3F3N3O2S. The minimum Gasteiger partial charge on any atom is -0.351 e. The Morgan fingerprint density at radius 1 is 1.11 bits per heavy atom. The summed E-state index contributed by atoms with van der Waals surface area (Å²) in [6.07, 6.45) is -2.21. The van der Waals surface area contributed by atoms with E-state index < -0.39 is 22.5 Å². The second kappa shape index (κ2) is 10.2. The van der Waals surface area contributed by atoms with Gasteiger partial charge in [0.1, 0.15) is 0 Å². The molecule has 2 atom stereocenters. The highest BCUT2D eigenvalue weighted by Crippen LogP contribution is 2.49. The van der Waals surface area contributed by atoms with Crippen LogP contribution in [0.2, 0.25) is 15.1 Å². The lowest BCUT2D eigenvalue weighted by atomic mass is 9.90. The predicted molar refractivity (Wildman–Crippen MR) is 139 cm³/mol. The first-order chi connectivity index (χ1) is 16.9. The zero-order valence-corrected chi connectivity index (χ0v) is 21.7. The number of hydrogen-bond acceptors (Lipinski definition) is 4. The Balaban J connectivity index is 1.80. The number of carbonyl (C=O) groups is 1. The highest BCUT2D eigenvalue weighted by Gasteiger charge is 2.60. The molecule has 12 heteroatoms. The van der Waals surface area contributed by atoms with Gasteiger partial charge in [0.25, 0.3) is 5.91 Å². The van der Waals surface area contributed by atoms with E-state index in [1.807, 2.05) is 0 Å². The van der Waals surface area contributed by atoms with Gasteiger partial charge in [-0.15, -0.1) is 10.7 Å². The van der Waals surface area contributed by atoms with Crippen LogP contribution in [0.15, 0.2) is 54.6 Å². The van der Waals surface area contributed by atoms with Crippen molar-refractivity contribution in [2.24, 2.45) is 0 Å². The third-order valence-corrected chi connectivity index (χ3v) is 7.67. The maximum atomic E-state index is 14.4. The number of alkyl halides is 3. The lowest BCUT2D eigenvalue weighted by Gasteiger charge is -2.29. The summed E-state index contributed by atoms with van der Waals surface area (Å²) in [6, 6.07) is 12.1. The molecule has 2 unspecified atom stereocenters. The predicted octanol–water partition coefficient (Wildman–Crippen LogP) is 6.87. The monoisotopic (exact) mass is 575 g/mol. The van der Waals surface area contributed by atoms with Crippen LogP contribution < -0.4 is 10.8 Å². The van der Waals surface area contributed by atoms with E-state index in [2.05, 4.69) is 10.8 Å². The van der Waals surface area contributed by atoms with Crippen LogP contribution in [0.3, 0.4) is 0 Å². The molecule has 1 aliphatic heterocycles. The van der Waals surface area contributed by atoms with Crippen molar-refractivity contribution in [2.45, 2.75) is 11.8 Å². The summed E-state index contributed by atoms with van der Waals surface area (Å²) < 4.78 is 50.9. The van der Waals surface area contributed by atoms with Gasteiger partial charge in [-0.2, -0.15) is 13.2 Å². The molecule has 0 aliphatic carbocycles. The number of nitrogens with one attached hydrogen (secondary N) is 3. The maximum absolute atomic E-state index is 14.4. The summed E-state index contributed by atoms with van der Waals surface area (Å²) >= 11 is 18.0. The first-order valence-corrected chi connectivity index (χ1v) is 13.4. The molecular weight excluding hydrogens is 558 g/mol. The molecule has 0 radical (unpaired) electrons. The van der Waals surface area contributed by atoms with E-state index in [-0.39, 0.29) is 32.2 Å². The van der Waals surface area contributed by atoms with Gasteiger partial charge in [-0.05, 0) is 41.3 Å². The van der Waals surface area contributed by atoms with Crippen LogP contribution in [0, 0.1) is 4.78 Å². The van der Waals surface area contributed by atoms with Crippen molar-refractivity contribution in [3.63, 3.8) is 0 Å². The number of halogens is 6. The van der Waals surface area contributed by atoms with E-state index >= 15 is 0 Å². The minimum atomic E-state index is -4.88. The molecule has 1 aliphatic rings. The Bertz CT molecular complexity index is 1390. The first kappa shape index (κ1) is 26.8. The molecule has 3 aromatic carbocycles. The summed E-state index contributed by atoms with van der Waals surface area (Å²) in [4.78, 5) is 18.0. The molecule has 0 saturated carbocycles. The smallest absolute Gasteiger partial charge is 0.351 e.